The summed E-state index contributed by atoms with van der Waals surface area (Å²) >= 11 is 0. The number of amides is 3. The highest BCUT2D eigenvalue weighted by Crippen LogP contribution is 2.44. The van der Waals surface area contributed by atoms with Crippen molar-refractivity contribution >= 4 is 44.8 Å². The number of fused-ring (bicyclic) bond motifs is 1. The third-order valence-corrected chi connectivity index (χ3v) is 11.3. The number of alkyl carbamates (subject to hydrolysis) is 1. The molecular formula is C44H57F2N5O9S. The number of imide groups is 1. The molecule has 17 heteroatoms. The van der Waals surface area contributed by atoms with E-state index in [4.69, 9.17) is 29.0 Å². The predicted octanol–water partition coefficient (Wildman–Crippen LogP) is 10.2. The number of benzene rings is 2. The topological polar surface area (TPSA) is 168 Å². The van der Waals surface area contributed by atoms with Crippen LogP contribution in [-0.2, 0) is 29.8 Å². The molecule has 1 aliphatic rings. The molecule has 0 bridgehead atoms. The van der Waals surface area contributed by atoms with E-state index in [0.29, 0.717) is 41.7 Å². The first kappa shape index (κ1) is 46.7. The Balaban J connectivity index is 1.72. The van der Waals surface area contributed by atoms with Gasteiger partial charge in [-0.15, -0.1) is 0 Å². The molecule has 2 aromatic heterocycles. The normalized spacial score (nSPS) is 16.3. The molecule has 4 aromatic rings. The van der Waals surface area contributed by atoms with E-state index >= 15 is 8.78 Å². The van der Waals surface area contributed by atoms with Gasteiger partial charge in [-0.3, -0.25) is 4.68 Å². The molecule has 0 radical (unpaired) electrons. The van der Waals surface area contributed by atoms with Crippen molar-refractivity contribution in [1.29, 1.82) is 0 Å². The minimum absolute atomic E-state index is 0.0321. The van der Waals surface area contributed by atoms with E-state index in [1.807, 2.05) is 13.8 Å². The van der Waals surface area contributed by atoms with Crippen LogP contribution in [0.15, 0.2) is 47.5 Å². The zero-order valence-electron chi connectivity index (χ0n) is 36.9. The largest absolute Gasteiger partial charge is 0.495 e. The maximum Gasteiger partial charge on any atom is 0.425 e. The molecule has 14 nitrogen and oxygen atoms in total. The molecule has 332 valence electrons. The van der Waals surface area contributed by atoms with Crippen molar-refractivity contribution in [2.45, 2.75) is 147 Å². The summed E-state index contributed by atoms with van der Waals surface area (Å²) in [6, 6.07) is 6.94. The van der Waals surface area contributed by atoms with Gasteiger partial charge in [-0.05, 0) is 138 Å². The smallest absolute Gasteiger partial charge is 0.425 e. The van der Waals surface area contributed by atoms with E-state index in [0.717, 1.165) is 12.1 Å². The highest BCUT2D eigenvalue weighted by Gasteiger charge is 2.39. The molecule has 2 aromatic carbocycles. The Morgan fingerprint density at radius 2 is 1.44 bits per heavy atom. The summed E-state index contributed by atoms with van der Waals surface area (Å²) in [7, 11) is -2.91. The van der Waals surface area contributed by atoms with Crippen molar-refractivity contribution < 1.29 is 50.5 Å². The molecule has 61 heavy (non-hydrogen) atoms. The summed E-state index contributed by atoms with van der Waals surface area (Å²) in [5, 5.41) is 7.80. The molecule has 0 aliphatic heterocycles. The van der Waals surface area contributed by atoms with Crippen LogP contribution in [0.3, 0.4) is 0 Å². The Labute approximate surface area is 356 Å². The van der Waals surface area contributed by atoms with E-state index in [1.54, 1.807) is 79.3 Å². The average Bonchev–Trinajstić information content (AvgIpc) is 3.52. The molecule has 1 fully saturated rings. The molecule has 0 spiro atoms. The summed E-state index contributed by atoms with van der Waals surface area (Å²) in [6.45, 7) is 18.7. The summed E-state index contributed by atoms with van der Waals surface area (Å²) < 4.78 is 83.6. The Hall–Kier alpha value is -5.32. The fourth-order valence-corrected chi connectivity index (χ4v) is 8.66. The Morgan fingerprint density at radius 3 is 1.98 bits per heavy atom. The number of nitrogens with zero attached hydrogens (tertiary/aromatic N) is 4. The van der Waals surface area contributed by atoms with Crippen LogP contribution >= 0.6 is 0 Å². The van der Waals surface area contributed by atoms with E-state index in [2.05, 4.69) is 5.32 Å². The van der Waals surface area contributed by atoms with Crippen molar-refractivity contribution in [3.8, 4) is 17.0 Å². The van der Waals surface area contributed by atoms with E-state index in [9.17, 15) is 22.8 Å². The van der Waals surface area contributed by atoms with Crippen LogP contribution < -0.4 is 15.0 Å². The van der Waals surface area contributed by atoms with Gasteiger partial charge in [0.2, 0.25) is 0 Å². The second-order valence-electron chi connectivity index (χ2n) is 18.5. The monoisotopic (exact) mass is 869 g/mol. The Bertz CT molecular complexity index is 2380. The molecule has 1 aliphatic carbocycles. The molecule has 1 saturated carbocycles. The van der Waals surface area contributed by atoms with Gasteiger partial charge >= 0.3 is 18.3 Å². The second-order valence-corrected chi connectivity index (χ2v) is 20.4. The van der Waals surface area contributed by atoms with Crippen LogP contribution in [0.2, 0.25) is 0 Å². The minimum Gasteiger partial charge on any atom is -0.495 e. The van der Waals surface area contributed by atoms with Crippen molar-refractivity contribution in [3.05, 3.63) is 65.4 Å². The number of ether oxygens (including phenoxy) is 4. The van der Waals surface area contributed by atoms with Crippen LogP contribution in [-0.4, -0.2) is 71.4 Å². The van der Waals surface area contributed by atoms with E-state index in [-0.39, 0.29) is 45.1 Å². The van der Waals surface area contributed by atoms with Crippen molar-refractivity contribution in [2.75, 3.05) is 12.0 Å². The van der Waals surface area contributed by atoms with Gasteiger partial charge in [-0.25, -0.2) is 36.6 Å². The third kappa shape index (κ3) is 11.1. The number of pyridine rings is 1. The Morgan fingerprint density at radius 1 is 0.869 bits per heavy atom. The maximum atomic E-state index is 16.7. The van der Waals surface area contributed by atoms with Crippen LogP contribution in [0.5, 0.6) is 5.75 Å². The SMILES string of the molecule is COc1ccccc1S(=O)(=O)Cc1cc(F)c(-c2nn(C(C)C)c3c(C4CCC(NC(=O)OC(C)(C)C)CC4)cnc(N(C(=O)OC(C)(C)C)C(=O)OC(C)(C)C)c23)cc1F. The van der Waals surface area contributed by atoms with E-state index in [1.165, 1.54) is 25.3 Å². The zero-order chi connectivity index (χ0) is 45.4. The fourth-order valence-electron chi connectivity index (χ4n) is 7.13. The van der Waals surface area contributed by atoms with Crippen LogP contribution in [0.4, 0.5) is 29.0 Å². The molecule has 0 unspecified atom stereocenters. The molecule has 0 saturated heterocycles. The molecule has 5 rings (SSSR count). The van der Waals surface area contributed by atoms with Gasteiger partial charge in [-0.1, -0.05) is 12.1 Å². The number of anilines is 1. The molecule has 0 atom stereocenters. The average molecular weight is 870 g/mol. The van der Waals surface area contributed by atoms with Gasteiger partial charge in [0, 0.05) is 29.4 Å². The van der Waals surface area contributed by atoms with Gasteiger partial charge in [0.25, 0.3) is 0 Å². The lowest BCUT2D eigenvalue weighted by atomic mass is 9.81. The summed E-state index contributed by atoms with van der Waals surface area (Å²) in [5.41, 5.74) is -2.75. The number of hydrogen-bond donors (Lipinski definition) is 1. The number of methoxy groups -OCH3 is 1. The zero-order valence-corrected chi connectivity index (χ0v) is 37.8. The lowest BCUT2D eigenvalue weighted by Gasteiger charge is -2.31. The molecule has 1 N–H and O–H groups in total. The number of sulfone groups is 1. The van der Waals surface area contributed by atoms with Crippen LogP contribution in [0, 0.1) is 11.6 Å². The van der Waals surface area contributed by atoms with Crippen molar-refractivity contribution in [1.82, 2.24) is 20.1 Å². The van der Waals surface area contributed by atoms with Gasteiger partial charge in [0.05, 0.1) is 23.8 Å². The lowest BCUT2D eigenvalue weighted by Crippen LogP contribution is -2.44. The van der Waals surface area contributed by atoms with Crippen LogP contribution in [0.25, 0.3) is 22.2 Å². The maximum absolute atomic E-state index is 16.7. The summed E-state index contributed by atoms with van der Waals surface area (Å²) in [6.07, 6.45) is 1.07. The van der Waals surface area contributed by atoms with Gasteiger partial charge in [-0.2, -0.15) is 10.00 Å². The quantitative estimate of drug-likeness (QED) is 0.159. The predicted molar refractivity (Wildman–Crippen MR) is 226 cm³/mol. The number of carbonyl (C=O) groups is 3. The van der Waals surface area contributed by atoms with E-state index < -0.39 is 73.9 Å². The number of para-hydroxylation sites is 1. The van der Waals surface area contributed by atoms with Crippen LogP contribution in [0.1, 0.15) is 125 Å². The first-order valence-corrected chi connectivity index (χ1v) is 21.9. The number of carbonyl (C=O) groups excluding carboxylic acids is 3. The molecule has 3 amide bonds. The fraction of sp³-hybridized carbons (Fsp3) is 0.523. The molecule has 2 heterocycles. The lowest BCUT2D eigenvalue weighted by molar-refractivity contribution is 0.0425. The minimum atomic E-state index is -4.22. The highest BCUT2D eigenvalue weighted by molar-refractivity contribution is 7.90. The Kier molecular flexibility index (Phi) is 13.5. The van der Waals surface area contributed by atoms with Crippen molar-refractivity contribution in [2.24, 2.45) is 0 Å². The number of aromatic nitrogens is 3. The van der Waals surface area contributed by atoms with Crippen molar-refractivity contribution in [3.63, 3.8) is 0 Å². The van der Waals surface area contributed by atoms with Gasteiger partial charge < -0.3 is 24.3 Å². The second kappa shape index (κ2) is 17.6. The summed E-state index contributed by atoms with van der Waals surface area (Å²) in [5.74, 6) is -3.37. The number of rotatable bonds is 9. The molecular weight excluding hydrogens is 813 g/mol. The van der Waals surface area contributed by atoms with Gasteiger partial charge in [0.15, 0.2) is 15.7 Å². The number of nitrogens with one attached hydrogen (secondary N) is 1. The van der Waals surface area contributed by atoms with Gasteiger partial charge in [0.1, 0.15) is 44.8 Å². The summed E-state index contributed by atoms with van der Waals surface area (Å²) in [4.78, 5) is 45.9. The first-order valence-electron chi connectivity index (χ1n) is 20.2. The first-order chi connectivity index (χ1) is 28.2. The number of halogens is 2. The standard InChI is InChI=1S/C44H57F2N5O9S/c1-25(2)51-37-30(26-17-19-28(20-18-26)48-39(52)58-42(3,4)5)23-47-38(50(40(53)59-43(6,7)8)41(54)60-44(9,10)11)35(37)36(49-51)29-22-31(45)27(21-32(29)46)24-61(55,56)34-16-14-13-15-33(34)57-12/h13-16,21-23,25-26,28H,17-20,24H2,1-12H3,(H,48,52). The highest BCUT2D eigenvalue weighted by atomic mass is 32.2. The number of hydrogen-bond acceptors (Lipinski definition) is 11. The third-order valence-electron chi connectivity index (χ3n) is 9.62.